The molecule has 0 bridgehead atoms. The van der Waals surface area contributed by atoms with Gasteiger partial charge in [-0.2, -0.15) is 0 Å². The van der Waals surface area contributed by atoms with Crippen LogP contribution in [0.5, 0.6) is 0 Å². The molecule has 2 aliphatic heterocycles. The summed E-state index contributed by atoms with van der Waals surface area (Å²) >= 11 is 0. The topological polar surface area (TPSA) is 214 Å². The lowest BCUT2D eigenvalue weighted by atomic mass is 10.0. The maximum atomic E-state index is 13.7. The number of imidazole rings is 2. The Morgan fingerprint density at radius 3 is 1.36 bits per heavy atom. The molecule has 18 heteroatoms. The molecular formula is C51H59N9O8S. The van der Waals surface area contributed by atoms with Gasteiger partial charge in [0.1, 0.15) is 23.7 Å². The van der Waals surface area contributed by atoms with Crippen LogP contribution in [0.1, 0.15) is 77.1 Å². The number of hydrogen-bond acceptors (Lipinski definition) is 10. The highest BCUT2D eigenvalue weighted by atomic mass is 32.2. The molecule has 3 aromatic heterocycles. The van der Waals surface area contributed by atoms with Gasteiger partial charge in [0.2, 0.25) is 11.8 Å². The van der Waals surface area contributed by atoms with Gasteiger partial charge in [-0.05, 0) is 96.2 Å². The van der Waals surface area contributed by atoms with E-state index in [1.165, 1.54) is 20.5 Å². The Morgan fingerprint density at radius 2 is 1.00 bits per heavy atom. The van der Waals surface area contributed by atoms with E-state index in [1.54, 1.807) is 34.3 Å². The van der Waals surface area contributed by atoms with E-state index in [9.17, 15) is 27.6 Å². The zero-order valence-corrected chi connectivity index (χ0v) is 40.7. The second-order valence-corrected chi connectivity index (χ2v) is 20.3. The van der Waals surface area contributed by atoms with Crippen LogP contribution >= 0.6 is 0 Å². The number of aromatic amines is 2. The lowest BCUT2D eigenvalue weighted by molar-refractivity contribution is -0.136. The van der Waals surface area contributed by atoms with Crippen molar-refractivity contribution in [2.75, 3.05) is 33.6 Å². The van der Waals surface area contributed by atoms with Crippen LogP contribution in [0.25, 0.3) is 50.7 Å². The molecule has 4 N–H and O–H groups in total. The number of hydrogen-bond donors (Lipinski definition) is 4. The Kier molecular flexibility index (Phi) is 14.1. The predicted octanol–water partition coefficient (Wildman–Crippen LogP) is 8.08. The van der Waals surface area contributed by atoms with Crippen LogP contribution in [0.4, 0.5) is 9.59 Å². The molecular weight excluding hydrogens is 899 g/mol. The first-order chi connectivity index (χ1) is 33.1. The Balaban J connectivity index is 1.04. The molecule has 0 aliphatic carbocycles. The van der Waals surface area contributed by atoms with Crippen LogP contribution in [-0.2, 0) is 28.9 Å². The smallest absolute Gasteiger partial charge is 0.407 e. The third-order valence-electron chi connectivity index (χ3n) is 13.1. The number of alkyl carbamates (subject to hydrolysis) is 2. The van der Waals surface area contributed by atoms with Crippen molar-refractivity contribution in [3.05, 3.63) is 109 Å². The van der Waals surface area contributed by atoms with E-state index in [-0.39, 0.29) is 40.6 Å². The summed E-state index contributed by atoms with van der Waals surface area (Å²) < 4.78 is 36.6. The normalized spacial score (nSPS) is 17.0. The minimum absolute atomic E-state index is 0.144. The number of aromatic nitrogens is 5. The van der Waals surface area contributed by atoms with Gasteiger partial charge in [0.05, 0.1) is 66.4 Å². The van der Waals surface area contributed by atoms with E-state index in [1.807, 2.05) is 100 Å². The highest BCUT2D eigenvalue weighted by molar-refractivity contribution is 7.90. The number of amides is 4. The van der Waals surface area contributed by atoms with Gasteiger partial charge in [-0.25, -0.2) is 28.0 Å². The highest BCUT2D eigenvalue weighted by Crippen LogP contribution is 2.37. The number of ether oxygens (including phenoxy) is 2. The van der Waals surface area contributed by atoms with E-state index in [0.717, 1.165) is 76.4 Å². The van der Waals surface area contributed by atoms with E-state index in [0.29, 0.717) is 24.7 Å². The molecule has 4 atom stereocenters. The van der Waals surface area contributed by atoms with Crippen molar-refractivity contribution in [1.29, 1.82) is 0 Å². The lowest BCUT2D eigenvalue weighted by Crippen LogP contribution is -2.51. The highest BCUT2D eigenvalue weighted by Gasteiger charge is 2.39. The molecule has 2 fully saturated rings. The number of nitrogens with zero attached hydrogens (tertiary/aromatic N) is 5. The molecule has 5 heterocycles. The van der Waals surface area contributed by atoms with E-state index in [2.05, 4.69) is 25.2 Å². The van der Waals surface area contributed by atoms with E-state index >= 15 is 0 Å². The second kappa shape index (κ2) is 20.2. The SMILES string of the molecule is COC(=O)N[C@H](C(=O)N1CCC[C@H]1c1ncc(-c2ccc(-c3ccc(-c4ccc(-c5cnc([C@@H]6CCCN6C(=O)[C@@H](NC(=O)OC)C(C)C)[nH]5)cc4)n3-c3ccc(S(C)(=O)=O)cc3)cc2)[nH]1)C(C)C. The van der Waals surface area contributed by atoms with Gasteiger partial charge >= 0.3 is 12.2 Å². The molecule has 2 aliphatic rings. The van der Waals surface area contributed by atoms with Gasteiger partial charge in [-0.1, -0.05) is 76.2 Å². The lowest BCUT2D eigenvalue weighted by Gasteiger charge is -2.30. The molecule has 3 aromatic carbocycles. The Labute approximate surface area is 401 Å². The molecule has 8 rings (SSSR count). The van der Waals surface area contributed by atoms with Gasteiger partial charge in [0.15, 0.2) is 9.84 Å². The summed E-state index contributed by atoms with van der Waals surface area (Å²) in [6.07, 6.45) is 6.52. The number of likely N-dealkylation sites (tertiary alicyclic amines) is 2. The van der Waals surface area contributed by atoms with Crippen LogP contribution in [0.3, 0.4) is 0 Å². The van der Waals surface area contributed by atoms with Gasteiger partial charge in [0.25, 0.3) is 0 Å². The third kappa shape index (κ3) is 10.2. The summed E-state index contributed by atoms with van der Waals surface area (Å²) in [5.41, 5.74) is 7.77. The fourth-order valence-corrected chi connectivity index (χ4v) is 9.97. The zero-order chi connectivity index (χ0) is 49.1. The molecule has 4 amide bonds. The van der Waals surface area contributed by atoms with Crippen molar-refractivity contribution in [3.63, 3.8) is 0 Å². The van der Waals surface area contributed by atoms with Gasteiger partial charge in [-0.3, -0.25) is 9.59 Å². The average molecular weight is 958 g/mol. The Bertz CT molecular complexity index is 2760. The monoisotopic (exact) mass is 957 g/mol. The van der Waals surface area contributed by atoms with Crippen molar-refractivity contribution >= 4 is 33.8 Å². The molecule has 6 aromatic rings. The number of benzene rings is 3. The fourth-order valence-electron chi connectivity index (χ4n) is 9.34. The minimum atomic E-state index is -3.43. The number of H-pyrrole nitrogens is 2. The molecule has 17 nitrogen and oxygen atoms in total. The quantitative estimate of drug-likeness (QED) is 0.0824. The molecule has 0 unspecified atom stereocenters. The van der Waals surface area contributed by atoms with Crippen LogP contribution in [-0.4, -0.2) is 112 Å². The Morgan fingerprint density at radius 1 is 0.609 bits per heavy atom. The maximum absolute atomic E-state index is 13.7. The standard InChI is InChI=1S/C51H59N9O8S/c1-30(2)44(56-50(63)67-5)48(61)58-26-8-10-42(58)46-52-28-38(54-46)32-12-16-34(17-13-32)40-24-25-41(60(40)36-20-22-37(23-21-36)69(7,65)66)35-18-14-33(15-19-35)39-29-53-47(55-39)43-11-9-27-59(43)49(62)45(31(3)4)57-51(64)68-6/h12-25,28-31,42-45H,8-11,26-27H2,1-7H3,(H,52,54)(H,53,55)(H,56,63)(H,57,64)/t42-,43-,44-,45-/m0/s1. The number of sulfone groups is 1. The molecule has 0 spiro atoms. The van der Waals surface area contributed by atoms with Crippen LogP contribution in [0, 0.1) is 11.8 Å². The zero-order valence-electron chi connectivity index (χ0n) is 39.9. The maximum Gasteiger partial charge on any atom is 0.407 e. The van der Waals surface area contributed by atoms with Crippen molar-refractivity contribution in [2.24, 2.45) is 11.8 Å². The van der Waals surface area contributed by atoms with Crippen LogP contribution in [0.2, 0.25) is 0 Å². The fraction of sp³-hybridized carbons (Fsp3) is 0.373. The number of rotatable bonds is 14. The van der Waals surface area contributed by atoms with Gasteiger partial charge in [-0.15, -0.1) is 0 Å². The van der Waals surface area contributed by atoms with E-state index < -0.39 is 34.1 Å². The Hall–Kier alpha value is -7.21. The van der Waals surface area contributed by atoms with Gasteiger partial charge < -0.3 is 44.4 Å². The summed E-state index contributed by atoms with van der Waals surface area (Å²) in [5, 5.41) is 5.39. The van der Waals surface area contributed by atoms with Crippen molar-refractivity contribution < 1.29 is 37.1 Å². The number of nitrogens with one attached hydrogen (secondary N) is 4. The largest absolute Gasteiger partial charge is 0.453 e. The molecule has 0 radical (unpaired) electrons. The van der Waals surface area contributed by atoms with Crippen molar-refractivity contribution in [1.82, 2.24) is 44.9 Å². The first-order valence-electron chi connectivity index (χ1n) is 23.2. The van der Waals surface area contributed by atoms with Crippen molar-refractivity contribution in [2.45, 2.75) is 82.4 Å². The van der Waals surface area contributed by atoms with Crippen LogP contribution < -0.4 is 10.6 Å². The van der Waals surface area contributed by atoms with Crippen molar-refractivity contribution in [3.8, 4) is 50.7 Å². The summed E-state index contributed by atoms with van der Waals surface area (Å²) in [6, 6.07) is 25.1. The second-order valence-electron chi connectivity index (χ2n) is 18.3. The summed E-state index contributed by atoms with van der Waals surface area (Å²) in [4.78, 5) is 71.7. The summed E-state index contributed by atoms with van der Waals surface area (Å²) in [5.74, 6) is 0.714. The number of carbonyl (C=O) groups is 4. The average Bonchev–Trinajstić information content (AvgIpc) is 4.21. The molecule has 362 valence electrons. The van der Waals surface area contributed by atoms with E-state index in [4.69, 9.17) is 19.4 Å². The number of carbonyl (C=O) groups excluding carboxylic acids is 4. The molecule has 0 saturated carbocycles. The molecule has 2 saturated heterocycles. The van der Waals surface area contributed by atoms with Crippen LogP contribution in [0.15, 0.2) is 102 Å². The first-order valence-corrected chi connectivity index (χ1v) is 25.1. The molecule has 69 heavy (non-hydrogen) atoms. The predicted molar refractivity (Wildman–Crippen MR) is 261 cm³/mol. The third-order valence-corrected chi connectivity index (χ3v) is 14.2. The number of methoxy groups -OCH3 is 2. The van der Waals surface area contributed by atoms with Gasteiger partial charge in [0, 0.05) is 25.0 Å². The first kappa shape index (κ1) is 48.3. The minimum Gasteiger partial charge on any atom is -0.453 e. The summed E-state index contributed by atoms with van der Waals surface area (Å²) in [7, 11) is -0.873. The summed E-state index contributed by atoms with van der Waals surface area (Å²) in [6.45, 7) is 8.65.